The van der Waals surface area contributed by atoms with Crippen molar-refractivity contribution < 1.29 is 19.4 Å². The van der Waals surface area contributed by atoms with E-state index in [1.54, 1.807) is 7.11 Å². The van der Waals surface area contributed by atoms with Crippen LogP contribution in [0.15, 0.2) is 5.51 Å². The van der Waals surface area contributed by atoms with Crippen LogP contribution in [0.1, 0.15) is 10.5 Å². The number of aromatic nitrogens is 1. The standard InChI is InChI=1S/C9H13N3O4S/c1-16-3-2-10-6(13)4-11-8-7(9(14)15)12-5-17-8/h5,11H,2-4H2,1H3,(H,10,13)(H,14,15). The highest BCUT2D eigenvalue weighted by atomic mass is 32.1. The largest absolute Gasteiger partial charge is 0.476 e. The van der Waals surface area contributed by atoms with Crippen molar-refractivity contribution in [3.8, 4) is 0 Å². The molecule has 0 radical (unpaired) electrons. The van der Waals surface area contributed by atoms with E-state index in [1.807, 2.05) is 0 Å². The van der Waals surface area contributed by atoms with E-state index < -0.39 is 5.97 Å². The van der Waals surface area contributed by atoms with Crippen molar-refractivity contribution in [3.05, 3.63) is 11.2 Å². The lowest BCUT2D eigenvalue weighted by molar-refractivity contribution is -0.119. The lowest BCUT2D eigenvalue weighted by Crippen LogP contribution is -2.32. The Balaban J connectivity index is 2.37. The monoisotopic (exact) mass is 259 g/mol. The molecule has 1 aromatic rings. The van der Waals surface area contributed by atoms with Gasteiger partial charge in [-0.2, -0.15) is 0 Å². The number of ether oxygens (including phenoxy) is 1. The van der Waals surface area contributed by atoms with Crippen molar-refractivity contribution in [1.29, 1.82) is 0 Å². The van der Waals surface area contributed by atoms with Gasteiger partial charge in [0.2, 0.25) is 5.91 Å². The van der Waals surface area contributed by atoms with Gasteiger partial charge in [-0.3, -0.25) is 4.79 Å². The number of nitrogens with zero attached hydrogens (tertiary/aromatic N) is 1. The number of hydrogen-bond donors (Lipinski definition) is 3. The molecule has 0 bridgehead atoms. The van der Waals surface area contributed by atoms with Crippen LogP contribution < -0.4 is 10.6 Å². The lowest BCUT2D eigenvalue weighted by Gasteiger charge is -2.05. The molecule has 8 heteroatoms. The number of rotatable bonds is 7. The summed E-state index contributed by atoms with van der Waals surface area (Å²) < 4.78 is 4.77. The van der Waals surface area contributed by atoms with Crippen LogP contribution in [-0.2, 0) is 9.53 Å². The number of carboxylic acid groups (broad SMARTS) is 1. The Labute approximate surface area is 102 Å². The zero-order valence-corrected chi connectivity index (χ0v) is 10.0. The first-order valence-corrected chi connectivity index (χ1v) is 5.69. The third kappa shape index (κ3) is 4.37. The predicted molar refractivity (Wildman–Crippen MR) is 62.4 cm³/mol. The molecule has 0 fully saturated rings. The maximum Gasteiger partial charge on any atom is 0.357 e. The summed E-state index contributed by atoms with van der Waals surface area (Å²) >= 11 is 1.14. The van der Waals surface area contributed by atoms with Crippen LogP contribution >= 0.6 is 11.3 Å². The first-order valence-electron chi connectivity index (χ1n) is 4.81. The molecular formula is C9H13N3O4S. The Morgan fingerprint density at radius 3 is 3.00 bits per heavy atom. The quantitative estimate of drug-likeness (QED) is 0.597. The van der Waals surface area contributed by atoms with Gasteiger partial charge in [0.1, 0.15) is 5.00 Å². The van der Waals surface area contributed by atoms with Gasteiger partial charge in [-0.15, -0.1) is 11.3 Å². The highest BCUT2D eigenvalue weighted by Gasteiger charge is 2.13. The van der Waals surface area contributed by atoms with Crippen molar-refractivity contribution in [3.63, 3.8) is 0 Å². The molecule has 0 spiro atoms. The molecule has 3 N–H and O–H groups in total. The molecule has 7 nitrogen and oxygen atoms in total. The fraction of sp³-hybridized carbons (Fsp3) is 0.444. The molecule has 0 aliphatic heterocycles. The number of hydrogen-bond acceptors (Lipinski definition) is 6. The fourth-order valence-electron chi connectivity index (χ4n) is 1.04. The summed E-state index contributed by atoms with van der Waals surface area (Å²) in [6.07, 6.45) is 0. The molecule has 17 heavy (non-hydrogen) atoms. The van der Waals surface area contributed by atoms with E-state index in [2.05, 4.69) is 15.6 Å². The second-order valence-electron chi connectivity index (χ2n) is 3.03. The van der Waals surface area contributed by atoms with Gasteiger partial charge in [-0.1, -0.05) is 0 Å². The van der Waals surface area contributed by atoms with Crippen LogP contribution in [0.5, 0.6) is 0 Å². The van der Waals surface area contributed by atoms with Gasteiger partial charge in [0.25, 0.3) is 0 Å². The van der Waals surface area contributed by atoms with Gasteiger partial charge in [0.15, 0.2) is 5.69 Å². The van der Waals surface area contributed by atoms with E-state index in [1.165, 1.54) is 5.51 Å². The molecule has 1 rings (SSSR count). The molecule has 0 saturated carbocycles. The normalized spacial score (nSPS) is 9.94. The number of anilines is 1. The predicted octanol–water partition coefficient (Wildman–Crippen LogP) is 0.0158. The van der Waals surface area contributed by atoms with Crippen molar-refractivity contribution in [1.82, 2.24) is 10.3 Å². The van der Waals surface area contributed by atoms with Crippen molar-refractivity contribution in [2.24, 2.45) is 0 Å². The molecule has 0 aliphatic rings. The summed E-state index contributed by atoms with van der Waals surface area (Å²) in [5, 5.41) is 14.5. The molecule has 1 heterocycles. The lowest BCUT2D eigenvalue weighted by atomic mass is 10.4. The Morgan fingerprint density at radius 1 is 1.59 bits per heavy atom. The summed E-state index contributed by atoms with van der Waals surface area (Å²) in [7, 11) is 1.54. The maximum absolute atomic E-state index is 11.3. The maximum atomic E-state index is 11.3. The molecule has 0 aromatic carbocycles. The van der Waals surface area contributed by atoms with E-state index in [-0.39, 0.29) is 18.1 Å². The third-order valence-corrected chi connectivity index (χ3v) is 2.59. The molecular weight excluding hydrogens is 246 g/mol. The number of aromatic carboxylic acids is 1. The Bertz CT molecular complexity index is 393. The van der Waals surface area contributed by atoms with Gasteiger partial charge in [-0.05, 0) is 0 Å². The second kappa shape index (κ2) is 6.81. The minimum atomic E-state index is -1.12. The minimum absolute atomic E-state index is 0.00614. The Kier molecular flexibility index (Phi) is 5.37. The summed E-state index contributed by atoms with van der Waals surface area (Å²) in [4.78, 5) is 25.7. The number of amides is 1. The van der Waals surface area contributed by atoms with Gasteiger partial charge < -0.3 is 20.5 Å². The van der Waals surface area contributed by atoms with Crippen molar-refractivity contribution in [2.75, 3.05) is 32.1 Å². The smallest absolute Gasteiger partial charge is 0.357 e. The molecule has 94 valence electrons. The SMILES string of the molecule is COCCNC(=O)CNc1scnc1C(=O)O. The van der Waals surface area contributed by atoms with Crippen LogP contribution in [0.25, 0.3) is 0 Å². The summed E-state index contributed by atoms with van der Waals surface area (Å²) in [5.74, 6) is -1.35. The minimum Gasteiger partial charge on any atom is -0.476 e. The zero-order valence-electron chi connectivity index (χ0n) is 9.23. The van der Waals surface area contributed by atoms with Crippen molar-refractivity contribution >= 4 is 28.2 Å². The summed E-state index contributed by atoms with van der Waals surface area (Å²) in [5.41, 5.74) is 1.34. The first kappa shape index (κ1) is 13.4. The Hall–Kier alpha value is -1.67. The van der Waals surface area contributed by atoms with Gasteiger partial charge in [0.05, 0.1) is 18.7 Å². The van der Waals surface area contributed by atoms with Crippen LogP contribution in [0.2, 0.25) is 0 Å². The highest BCUT2D eigenvalue weighted by molar-refractivity contribution is 7.14. The molecule has 1 aromatic heterocycles. The van der Waals surface area contributed by atoms with E-state index >= 15 is 0 Å². The van der Waals surface area contributed by atoms with Crippen LogP contribution in [-0.4, -0.2) is 48.8 Å². The van der Waals surface area contributed by atoms with Crippen molar-refractivity contribution in [2.45, 2.75) is 0 Å². The zero-order chi connectivity index (χ0) is 12.7. The van der Waals surface area contributed by atoms with Crippen LogP contribution in [0.4, 0.5) is 5.00 Å². The number of carboxylic acids is 1. The molecule has 0 aliphatic carbocycles. The number of methoxy groups -OCH3 is 1. The molecule has 0 atom stereocenters. The van der Waals surface area contributed by atoms with E-state index in [0.717, 1.165) is 11.3 Å². The topological polar surface area (TPSA) is 101 Å². The number of nitrogens with one attached hydrogen (secondary N) is 2. The second-order valence-corrected chi connectivity index (χ2v) is 3.89. The summed E-state index contributed by atoms with van der Waals surface area (Å²) in [6, 6.07) is 0. The van der Waals surface area contributed by atoms with Gasteiger partial charge >= 0.3 is 5.97 Å². The number of carbonyl (C=O) groups excluding carboxylic acids is 1. The van der Waals surface area contributed by atoms with Gasteiger partial charge in [0, 0.05) is 13.7 Å². The third-order valence-electron chi connectivity index (χ3n) is 1.81. The molecule has 0 saturated heterocycles. The van der Waals surface area contributed by atoms with E-state index in [0.29, 0.717) is 18.2 Å². The average molecular weight is 259 g/mol. The van der Waals surface area contributed by atoms with Crippen LogP contribution in [0, 0.1) is 0 Å². The number of thiazole rings is 1. The Morgan fingerprint density at radius 2 is 2.35 bits per heavy atom. The number of carbonyl (C=O) groups is 2. The fourth-order valence-corrected chi connectivity index (χ4v) is 1.71. The highest BCUT2D eigenvalue weighted by Crippen LogP contribution is 2.19. The first-order chi connectivity index (χ1) is 8.15. The van der Waals surface area contributed by atoms with Crippen LogP contribution in [0.3, 0.4) is 0 Å². The molecule has 1 amide bonds. The average Bonchev–Trinajstić information content (AvgIpc) is 2.75. The summed E-state index contributed by atoms with van der Waals surface area (Å²) in [6.45, 7) is 0.865. The van der Waals surface area contributed by atoms with Gasteiger partial charge in [-0.25, -0.2) is 9.78 Å². The molecule has 0 unspecified atom stereocenters. The van der Waals surface area contributed by atoms with E-state index in [4.69, 9.17) is 9.84 Å². The van der Waals surface area contributed by atoms with E-state index in [9.17, 15) is 9.59 Å².